The molecule has 2 heterocycles. The van der Waals surface area contributed by atoms with Crippen LogP contribution in [0.15, 0.2) is 54.6 Å². The van der Waals surface area contributed by atoms with E-state index in [0.717, 1.165) is 31.7 Å². The first-order valence-electron chi connectivity index (χ1n) is 8.21. The van der Waals surface area contributed by atoms with Crippen LogP contribution >= 0.6 is 0 Å². The molecule has 3 nitrogen and oxygen atoms in total. The molecule has 0 radical (unpaired) electrons. The summed E-state index contributed by atoms with van der Waals surface area (Å²) in [6.45, 7) is 4.90. The number of benzene rings is 2. The average Bonchev–Trinajstić information content (AvgIpc) is 2.95. The number of fused-ring (bicyclic) bond motifs is 1. The molecule has 1 aliphatic rings. The molecule has 0 fully saturated rings. The first-order chi connectivity index (χ1) is 11.3. The standard InChI is InChI=1S/C20H21N3/c1-15-7-9-17(10-8-15)20-18-13-21-12-11-19(18)23(22-20)14-16-5-3-2-4-6-16/h2-10,21H,11-14H2,1H3. The van der Waals surface area contributed by atoms with Crippen LogP contribution in [0.3, 0.4) is 0 Å². The van der Waals surface area contributed by atoms with E-state index in [9.17, 15) is 0 Å². The van der Waals surface area contributed by atoms with E-state index < -0.39 is 0 Å². The lowest BCUT2D eigenvalue weighted by molar-refractivity contribution is 0.582. The summed E-state index contributed by atoms with van der Waals surface area (Å²) in [6, 6.07) is 19.3. The van der Waals surface area contributed by atoms with Crippen LogP contribution in [-0.2, 0) is 19.5 Å². The molecule has 0 unspecified atom stereocenters. The van der Waals surface area contributed by atoms with Crippen molar-refractivity contribution in [3.8, 4) is 11.3 Å². The van der Waals surface area contributed by atoms with E-state index in [2.05, 4.69) is 71.5 Å². The summed E-state index contributed by atoms with van der Waals surface area (Å²) < 4.78 is 2.20. The van der Waals surface area contributed by atoms with Gasteiger partial charge in [0, 0.05) is 36.3 Å². The minimum Gasteiger partial charge on any atom is -0.312 e. The number of nitrogens with one attached hydrogen (secondary N) is 1. The Morgan fingerprint density at radius 1 is 1.04 bits per heavy atom. The summed E-state index contributed by atoms with van der Waals surface area (Å²) in [5, 5.41) is 8.45. The van der Waals surface area contributed by atoms with Gasteiger partial charge in [0.05, 0.1) is 12.2 Å². The van der Waals surface area contributed by atoms with Crippen LogP contribution in [0, 0.1) is 6.92 Å². The van der Waals surface area contributed by atoms with Gasteiger partial charge in [-0.25, -0.2) is 0 Å². The summed E-state index contributed by atoms with van der Waals surface area (Å²) >= 11 is 0. The van der Waals surface area contributed by atoms with Gasteiger partial charge in [0.15, 0.2) is 0 Å². The molecule has 0 aliphatic carbocycles. The van der Waals surface area contributed by atoms with Crippen LogP contribution < -0.4 is 5.32 Å². The van der Waals surface area contributed by atoms with E-state index in [1.807, 2.05) is 0 Å². The molecule has 0 atom stereocenters. The molecule has 116 valence electrons. The average molecular weight is 303 g/mol. The molecule has 3 aromatic rings. The molecule has 3 heteroatoms. The summed E-state index contributed by atoms with van der Waals surface area (Å²) in [5.41, 5.74) is 7.65. The zero-order chi connectivity index (χ0) is 15.6. The Kier molecular flexibility index (Phi) is 3.72. The Morgan fingerprint density at radius 3 is 2.61 bits per heavy atom. The molecular weight excluding hydrogens is 282 g/mol. The number of hydrogen-bond acceptors (Lipinski definition) is 2. The molecule has 23 heavy (non-hydrogen) atoms. The fourth-order valence-corrected chi connectivity index (χ4v) is 3.25. The van der Waals surface area contributed by atoms with Gasteiger partial charge in [-0.1, -0.05) is 60.2 Å². The monoisotopic (exact) mass is 303 g/mol. The number of aryl methyl sites for hydroxylation is 1. The first kappa shape index (κ1) is 14.2. The van der Waals surface area contributed by atoms with Crippen LogP contribution in [0.2, 0.25) is 0 Å². The van der Waals surface area contributed by atoms with Gasteiger partial charge in [0.2, 0.25) is 0 Å². The van der Waals surface area contributed by atoms with Gasteiger partial charge in [-0.3, -0.25) is 4.68 Å². The lowest BCUT2D eigenvalue weighted by Crippen LogP contribution is -2.25. The third-order valence-electron chi connectivity index (χ3n) is 4.51. The second kappa shape index (κ2) is 6.01. The SMILES string of the molecule is Cc1ccc(-c2nn(Cc3ccccc3)c3c2CNCC3)cc1. The number of rotatable bonds is 3. The van der Waals surface area contributed by atoms with Crippen molar-refractivity contribution >= 4 is 0 Å². The quantitative estimate of drug-likeness (QED) is 0.802. The summed E-state index contributed by atoms with van der Waals surface area (Å²) in [4.78, 5) is 0. The Balaban J connectivity index is 1.77. The molecule has 0 saturated heterocycles. The van der Waals surface area contributed by atoms with Gasteiger partial charge >= 0.3 is 0 Å². The van der Waals surface area contributed by atoms with E-state index >= 15 is 0 Å². The maximum atomic E-state index is 4.96. The van der Waals surface area contributed by atoms with Gasteiger partial charge in [-0.2, -0.15) is 5.10 Å². The normalized spacial score (nSPS) is 13.8. The molecular formula is C20H21N3. The minimum absolute atomic E-state index is 0.842. The summed E-state index contributed by atoms with van der Waals surface area (Å²) in [6.07, 6.45) is 1.04. The highest BCUT2D eigenvalue weighted by molar-refractivity contribution is 5.65. The molecule has 0 spiro atoms. The number of nitrogens with zero attached hydrogens (tertiary/aromatic N) is 2. The molecule has 0 saturated carbocycles. The van der Waals surface area contributed by atoms with E-state index in [4.69, 9.17) is 5.10 Å². The third kappa shape index (κ3) is 2.80. The first-order valence-corrected chi connectivity index (χ1v) is 8.21. The minimum atomic E-state index is 0.842. The van der Waals surface area contributed by atoms with Crippen molar-refractivity contribution < 1.29 is 0 Å². The van der Waals surface area contributed by atoms with Gasteiger partial charge in [0.25, 0.3) is 0 Å². The summed E-state index contributed by atoms with van der Waals surface area (Å²) in [5.74, 6) is 0. The molecule has 1 aromatic heterocycles. The molecule has 0 amide bonds. The largest absolute Gasteiger partial charge is 0.312 e. The van der Waals surface area contributed by atoms with Crippen LogP contribution in [0.4, 0.5) is 0 Å². The Hall–Kier alpha value is -2.39. The Bertz CT molecular complexity index is 801. The second-order valence-electron chi connectivity index (χ2n) is 6.21. The van der Waals surface area contributed by atoms with E-state index in [0.29, 0.717) is 0 Å². The summed E-state index contributed by atoms with van der Waals surface area (Å²) in [7, 11) is 0. The fourth-order valence-electron chi connectivity index (χ4n) is 3.25. The maximum Gasteiger partial charge on any atom is 0.0971 e. The van der Waals surface area contributed by atoms with Crippen LogP contribution in [0.25, 0.3) is 11.3 Å². The van der Waals surface area contributed by atoms with E-state index in [1.54, 1.807) is 0 Å². The van der Waals surface area contributed by atoms with Crippen molar-refractivity contribution in [3.05, 3.63) is 77.0 Å². The zero-order valence-corrected chi connectivity index (χ0v) is 13.4. The molecule has 1 aliphatic heterocycles. The van der Waals surface area contributed by atoms with Crippen molar-refractivity contribution in [2.24, 2.45) is 0 Å². The molecule has 0 bridgehead atoms. The van der Waals surface area contributed by atoms with Crippen molar-refractivity contribution in [1.29, 1.82) is 0 Å². The number of aromatic nitrogens is 2. The van der Waals surface area contributed by atoms with E-state index in [1.165, 1.54) is 27.9 Å². The van der Waals surface area contributed by atoms with E-state index in [-0.39, 0.29) is 0 Å². The number of hydrogen-bond donors (Lipinski definition) is 1. The maximum absolute atomic E-state index is 4.96. The highest BCUT2D eigenvalue weighted by Crippen LogP contribution is 2.28. The van der Waals surface area contributed by atoms with Crippen LogP contribution in [0.1, 0.15) is 22.4 Å². The predicted molar refractivity (Wildman–Crippen MR) is 93.4 cm³/mol. The van der Waals surface area contributed by atoms with Crippen LogP contribution in [0.5, 0.6) is 0 Å². The second-order valence-corrected chi connectivity index (χ2v) is 6.21. The highest BCUT2D eigenvalue weighted by Gasteiger charge is 2.21. The molecule has 2 aromatic carbocycles. The fraction of sp³-hybridized carbons (Fsp3) is 0.250. The lowest BCUT2D eigenvalue weighted by atomic mass is 10.0. The van der Waals surface area contributed by atoms with Gasteiger partial charge in [-0.05, 0) is 12.5 Å². The molecule has 1 N–H and O–H groups in total. The van der Waals surface area contributed by atoms with Gasteiger partial charge in [-0.15, -0.1) is 0 Å². The predicted octanol–water partition coefficient (Wildman–Crippen LogP) is 3.55. The van der Waals surface area contributed by atoms with Crippen molar-refractivity contribution in [1.82, 2.24) is 15.1 Å². The molecule has 4 rings (SSSR count). The van der Waals surface area contributed by atoms with Gasteiger partial charge in [0.1, 0.15) is 0 Å². The van der Waals surface area contributed by atoms with Crippen LogP contribution in [-0.4, -0.2) is 16.3 Å². The van der Waals surface area contributed by atoms with Crippen molar-refractivity contribution in [3.63, 3.8) is 0 Å². The van der Waals surface area contributed by atoms with Gasteiger partial charge < -0.3 is 5.32 Å². The van der Waals surface area contributed by atoms with Crippen molar-refractivity contribution in [2.45, 2.75) is 26.4 Å². The topological polar surface area (TPSA) is 29.9 Å². The zero-order valence-electron chi connectivity index (χ0n) is 13.4. The van der Waals surface area contributed by atoms with Crippen molar-refractivity contribution in [2.75, 3.05) is 6.54 Å². The highest BCUT2D eigenvalue weighted by atomic mass is 15.3. The third-order valence-corrected chi connectivity index (χ3v) is 4.51. The lowest BCUT2D eigenvalue weighted by Gasteiger charge is -2.15. The Morgan fingerprint density at radius 2 is 1.83 bits per heavy atom. The smallest absolute Gasteiger partial charge is 0.0971 e. The Labute approximate surface area is 137 Å².